The highest BCUT2D eigenvalue weighted by Crippen LogP contribution is 2.26. The number of carboxylic acids is 1. The first-order valence-corrected chi connectivity index (χ1v) is 6.42. The first-order valence-electron chi connectivity index (χ1n) is 6.42. The van der Waals surface area contributed by atoms with E-state index in [4.69, 9.17) is 5.11 Å². The van der Waals surface area contributed by atoms with Crippen LogP contribution >= 0.6 is 0 Å². The van der Waals surface area contributed by atoms with Gasteiger partial charge in [-0.25, -0.2) is 14.8 Å². The Kier molecular flexibility index (Phi) is 2.99. The Morgan fingerprint density at radius 3 is 2.68 bits per heavy atom. The summed E-state index contributed by atoms with van der Waals surface area (Å²) in [6.45, 7) is 0. The predicted molar refractivity (Wildman–Crippen MR) is 71.1 cm³/mol. The molecule has 4 heteroatoms. The van der Waals surface area contributed by atoms with E-state index in [-0.39, 0.29) is 5.82 Å². The lowest BCUT2D eigenvalue weighted by Crippen LogP contribution is -2.05. The third kappa shape index (κ3) is 2.34. The number of aromatic nitrogens is 2. The molecule has 0 bridgehead atoms. The summed E-state index contributed by atoms with van der Waals surface area (Å²) in [5.41, 5.74) is 4.40. The molecule has 19 heavy (non-hydrogen) atoms. The molecule has 0 aliphatic heterocycles. The summed E-state index contributed by atoms with van der Waals surface area (Å²) >= 11 is 0. The number of benzene rings is 1. The number of carboxylic acid groups (broad SMARTS) is 1. The average Bonchev–Trinajstić information content (AvgIpc) is 2.47. The molecular formula is C15H14N2O2. The van der Waals surface area contributed by atoms with Gasteiger partial charge in [-0.1, -0.05) is 12.1 Å². The molecule has 96 valence electrons. The number of aryl methyl sites for hydroxylation is 2. The van der Waals surface area contributed by atoms with E-state index in [0.717, 1.165) is 18.4 Å². The highest BCUT2D eigenvalue weighted by molar-refractivity contribution is 5.83. The Hall–Kier alpha value is -2.23. The van der Waals surface area contributed by atoms with E-state index < -0.39 is 5.97 Å². The Bertz CT molecular complexity index is 638. The molecule has 0 fully saturated rings. The Balaban J connectivity index is 2.02. The van der Waals surface area contributed by atoms with Crippen LogP contribution in [0.25, 0.3) is 11.3 Å². The molecule has 2 aromatic rings. The van der Waals surface area contributed by atoms with Crippen molar-refractivity contribution in [2.45, 2.75) is 25.7 Å². The monoisotopic (exact) mass is 254 g/mol. The lowest BCUT2D eigenvalue weighted by Gasteiger charge is -2.16. The standard InChI is InChI=1S/C15H14N2O2/c18-15(19)14-16-8-7-13(17-14)12-6-5-10-3-1-2-4-11(10)9-12/h5-9H,1-4H2,(H,18,19). The van der Waals surface area contributed by atoms with Crippen LogP contribution in [0.15, 0.2) is 30.5 Å². The van der Waals surface area contributed by atoms with Gasteiger partial charge in [-0.15, -0.1) is 0 Å². The Morgan fingerprint density at radius 2 is 1.89 bits per heavy atom. The van der Waals surface area contributed by atoms with E-state index in [1.807, 2.05) is 6.07 Å². The molecule has 0 amide bonds. The molecule has 1 aliphatic carbocycles. The minimum absolute atomic E-state index is 0.157. The summed E-state index contributed by atoms with van der Waals surface area (Å²) in [6, 6.07) is 8.02. The van der Waals surface area contributed by atoms with Gasteiger partial charge in [0, 0.05) is 11.8 Å². The second kappa shape index (κ2) is 4.80. The van der Waals surface area contributed by atoms with E-state index in [1.165, 1.54) is 30.2 Å². The van der Waals surface area contributed by atoms with E-state index >= 15 is 0 Å². The van der Waals surface area contributed by atoms with Gasteiger partial charge in [-0.3, -0.25) is 0 Å². The second-order valence-corrected chi connectivity index (χ2v) is 4.76. The minimum Gasteiger partial charge on any atom is -0.475 e. The molecule has 1 aromatic carbocycles. The third-order valence-corrected chi connectivity index (χ3v) is 3.49. The maximum atomic E-state index is 10.9. The molecule has 0 spiro atoms. The fourth-order valence-electron chi connectivity index (χ4n) is 2.52. The number of aromatic carboxylic acids is 1. The highest BCUT2D eigenvalue weighted by atomic mass is 16.4. The van der Waals surface area contributed by atoms with Crippen molar-refractivity contribution in [2.75, 3.05) is 0 Å². The number of rotatable bonds is 2. The van der Waals surface area contributed by atoms with Gasteiger partial charge in [0.1, 0.15) is 0 Å². The van der Waals surface area contributed by atoms with Crippen molar-refractivity contribution >= 4 is 5.97 Å². The lowest BCUT2D eigenvalue weighted by atomic mass is 9.90. The lowest BCUT2D eigenvalue weighted by molar-refractivity contribution is 0.0683. The number of carbonyl (C=O) groups is 1. The molecule has 0 saturated heterocycles. The average molecular weight is 254 g/mol. The van der Waals surface area contributed by atoms with Crippen molar-refractivity contribution in [3.63, 3.8) is 0 Å². The minimum atomic E-state index is -1.10. The molecular weight excluding hydrogens is 240 g/mol. The van der Waals surface area contributed by atoms with Crippen LogP contribution in [0, 0.1) is 0 Å². The zero-order chi connectivity index (χ0) is 13.2. The summed E-state index contributed by atoms with van der Waals surface area (Å²) in [7, 11) is 0. The number of hydrogen-bond acceptors (Lipinski definition) is 3. The largest absolute Gasteiger partial charge is 0.475 e. The fraction of sp³-hybridized carbons (Fsp3) is 0.267. The van der Waals surface area contributed by atoms with E-state index in [0.29, 0.717) is 5.69 Å². The Morgan fingerprint density at radius 1 is 1.11 bits per heavy atom. The SMILES string of the molecule is O=C(O)c1nccc(-c2ccc3c(c2)CCCC3)n1. The van der Waals surface area contributed by atoms with Crippen LogP contribution in [-0.4, -0.2) is 21.0 Å². The fourth-order valence-corrected chi connectivity index (χ4v) is 2.52. The maximum Gasteiger partial charge on any atom is 0.373 e. The molecule has 1 aromatic heterocycles. The van der Waals surface area contributed by atoms with Crippen molar-refractivity contribution in [1.82, 2.24) is 9.97 Å². The first-order chi connectivity index (χ1) is 9.24. The summed E-state index contributed by atoms with van der Waals surface area (Å²) in [5.74, 6) is -1.25. The molecule has 4 nitrogen and oxygen atoms in total. The zero-order valence-corrected chi connectivity index (χ0v) is 10.5. The molecule has 0 unspecified atom stereocenters. The van der Waals surface area contributed by atoms with Crippen molar-refractivity contribution in [3.05, 3.63) is 47.4 Å². The van der Waals surface area contributed by atoms with Crippen molar-refractivity contribution in [2.24, 2.45) is 0 Å². The van der Waals surface area contributed by atoms with Crippen LogP contribution in [0.4, 0.5) is 0 Å². The Labute approximate surface area is 111 Å². The molecule has 1 aliphatic rings. The molecule has 1 heterocycles. The zero-order valence-electron chi connectivity index (χ0n) is 10.5. The topological polar surface area (TPSA) is 63.1 Å². The van der Waals surface area contributed by atoms with Gasteiger partial charge in [-0.05, 0) is 48.9 Å². The highest BCUT2D eigenvalue weighted by Gasteiger charge is 2.12. The molecule has 0 radical (unpaired) electrons. The van der Waals surface area contributed by atoms with Crippen LogP contribution in [0.2, 0.25) is 0 Å². The van der Waals surface area contributed by atoms with Gasteiger partial charge in [0.15, 0.2) is 0 Å². The molecule has 0 saturated carbocycles. The third-order valence-electron chi connectivity index (χ3n) is 3.49. The van der Waals surface area contributed by atoms with Gasteiger partial charge in [0.05, 0.1) is 5.69 Å². The van der Waals surface area contributed by atoms with Crippen LogP contribution in [-0.2, 0) is 12.8 Å². The van der Waals surface area contributed by atoms with Crippen LogP contribution in [0.3, 0.4) is 0 Å². The summed E-state index contributed by atoms with van der Waals surface area (Å²) in [4.78, 5) is 18.7. The maximum absolute atomic E-state index is 10.9. The van der Waals surface area contributed by atoms with Gasteiger partial charge in [0.2, 0.25) is 5.82 Å². The smallest absolute Gasteiger partial charge is 0.373 e. The first kappa shape index (κ1) is 11.8. The van der Waals surface area contributed by atoms with E-state index in [1.54, 1.807) is 6.07 Å². The molecule has 3 rings (SSSR count). The van der Waals surface area contributed by atoms with Gasteiger partial charge in [0.25, 0.3) is 0 Å². The predicted octanol–water partition coefficient (Wildman–Crippen LogP) is 2.72. The van der Waals surface area contributed by atoms with Gasteiger partial charge < -0.3 is 5.11 Å². The quantitative estimate of drug-likeness (QED) is 0.895. The normalized spacial score (nSPS) is 13.9. The summed E-state index contributed by atoms with van der Waals surface area (Å²) in [5, 5.41) is 8.92. The van der Waals surface area contributed by atoms with Crippen LogP contribution < -0.4 is 0 Å². The van der Waals surface area contributed by atoms with Crippen molar-refractivity contribution in [1.29, 1.82) is 0 Å². The number of hydrogen-bond donors (Lipinski definition) is 1. The van der Waals surface area contributed by atoms with Crippen LogP contribution in [0.1, 0.15) is 34.6 Å². The van der Waals surface area contributed by atoms with Gasteiger partial charge >= 0.3 is 5.97 Å². The van der Waals surface area contributed by atoms with E-state index in [9.17, 15) is 4.79 Å². The summed E-state index contributed by atoms with van der Waals surface area (Å²) < 4.78 is 0. The van der Waals surface area contributed by atoms with Crippen molar-refractivity contribution < 1.29 is 9.90 Å². The van der Waals surface area contributed by atoms with Gasteiger partial charge in [-0.2, -0.15) is 0 Å². The second-order valence-electron chi connectivity index (χ2n) is 4.76. The number of fused-ring (bicyclic) bond motifs is 1. The molecule has 0 atom stereocenters. The number of nitrogens with zero attached hydrogens (tertiary/aromatic N) is 2. The summed E-state index contributed by atoms with van der Waals surface area (Å²) in [6.07, 6.45) is 6.20. The van der Waals surface area contributed by atoms with Crippen LogP contribution in [0.5, 0.6) is 0 Å². The van der Waals surface area contributed by atoms with Crippen molar-refractivity contribution in [3.8, 4) is 11.3 Å². The molecule has 1 N–H and O–H groups in total. The van der Waals surface area contributed by atoms with E-state index in [2.05, 4.69) is 22.1 Å².